The zero-order valence-electron chi connectivity index (χ0n) is 9.83. The molecule has 0 atom stereocenters. The molecule has 2 aromatic rings. The standard InChI is InChI=1S/C13H11N3OS/c1-16-8-12(7-15-16)18-9-13(17)11-4-2-10(6-14)3-5-11/h2-5,7-8H,9H2,1H3. The van der Waals surface area contributed by atoms with Gasteiger partial charge in [-0.05, 0) is 12.1 Å². The first-order valence-electron chi connectivity index (χ1n) is 5.34. The van der Waals surface area contributed by atoms with Crippen molar-refractivity contribution in [2.45, 2.75) is 4.90 Å². The lowest BCUT2D eigenvalue weighted by Gasteiger charge is -1.99. The molecule has 1 aromatic carbocycles. The molecule has 0 saturated carbocycles. The van der Waals surface area contributed by atoms with E-state index in [1.165, 1.54) is 11.8 Å². The van der Waals surface area contributed by atoms with E-state index in [0.717, 1.165) is 4.90 Å². The number of benzene rings is 1. The summed E-state index contributed by atoms with van der Waals surface area (Å²) in [5.74, 6) is 0.422. The Morgan fingerprint density at radius 1 is 1.44 bits per heavy atom. The van der Waals surface area contributed by atoms with Crippen molar-refractivity contribution in [2.24, 2.45) is 7.05 Å². The molecule has 0 aliphatic heterocycles. The first-order valence-corrected chi connectivity index (χ1v) is 6.32. The summed E-state index contributed by atoms with van der Waals surface area (Å²) in [5.41, 5.74) is 1.19. The van der Waals surface area contributed by atoms with E-state index in [4.69, 9.17) is 5.26 Å². The molecular weight excluding hydrogens is 246 g/mol. The number of ketones is 1. The first-order chi connectivity index (χ1) is 8.69. The van der Waals surface area contributed by atoms with Crippen molar-refractivity contribution in [1.82, 2.24) is 9.78 Å². The highest BCUT2D eigenvalue weighted by molar-refractivity contribution is 8.00. The second-order valence-corrected chi connectivity index (χ2v) is 4.80. The summed E-state index contributed by atoms with van der Waals surface area (Å²) in [6.07, 6.45) is 3.60. The molecule has 5 heteroatoms. The Morgan fingerprint density at radius 3 is 2.72 bits per heavy atom. The third kappa shape index (κ3) is 2.99. The molecule has 0 unspecified atom stereocenters. The fraction of sp³-hybridized carbons (Fsp3) is 0.154. The predicted molar refractivity (Wildman–Crippen MR) is 69.4 cm³/mol. The van der Waals surface area contributed by atoms with Crippen molar-refractivity contribution < 1.29 is 4.79 Å². The third-order valence-electron chi connectivity index (χ3n) is 2.39. The van der Waals surface area contributed by atoms with Crippen LogP contribution in [0.15, 0.2) is 41.6 Å². The Morgan fingerprint density at radius 2 is 2.17 bits per heavy atom. The highest BCUT2D eigenvalue weighted by atomic mass is 32.2. The van der Waals surface area contributed by atoms with Crippen LogP contribution in [0, 0.1) is 11.3 Å². The summed E-state index contributed by atoms with van der Waals surface area (Å²) < 4.78 is 1.70. The summed E-state index contributed by atoms with van der Waals surface area (Å²) >= 11 is 1.46. The molecule has 0 aliphatic rings. The number of aromatic nitrogens is 2. The van der Waals surface area contributed by atoms with Crippen LogP contribution >= 0.6 is 11.8 Å². The van der Waals surface area contributed by atoms with Crippen molar-refractivity contribution in [1.29, 1.82) is 5.26 Å². The van der Waals surface area contributed by atoms with Gasteiger partial charge in [0.1, 0.15) is 0 Å². The Hall–Kier alpha value is -2.06. The molecule has 0 radical (unpaired) electrons. The third-order valence-corrected chi connectivity index (χ3v) is 3.34. The van der Waals surface area contributed by atoms with Gasteiger partial charge >= 0.3 is 0 Å². The lowest BCUT2D eigenvalue weighted by atomic mass is 10.1. The minimum atomic E-state index is 0.0494. The van der Waals surface area contributed by atoms with Crippen molar-refractivity contribution in [3.05, 3.63) is 47.8 Å². The number of rotatable bonds is 4. The Balaban J connectivity index is 1.97. The van der Waals surface area contributed by atoms with Gasteiger partial charge in [-0.1, -0.05) is 12.1 Å². The lowest BCUT2D eigenvalue weighted by molar-refractivity contribution is 0.102. The molecule has 1 aromatic heterocycles. The molecule has 0 aliphatic carbocycles. The molecule has 0 bridgehead atoms. The number of Topliss-reactive ketones (excluding diaryl/α,β-unsaturated/α-hetero) is 1. The van der Waals surface area contributed by atoms with Crippen molar-refractivity contribution in [3.63, 3.8) is 0 Å². The number of hydrogen-bond acceptors (Lipinski definition) is 4. The van der Waals surface area contributed by atoms with Gasteiger partial charge in [0.05, 0.1) is 23.6 Å². The van der Waals surface area contributed by atoms with Gasteiger partial charge in [0.2, 0.25) is 0 Å². The fourth-order valence-corrected chi connectivity index (χ4v) is 2.25. The lowest BCUT2D eigenvalue weighted by Crippen LogP contribution is -2.01. The molecule has 0 amide bonds. The summed E-state index contributed by atoms with van der Waals surface area (Å²) in [7, 11) is 1.84. The topological polar surface area (TPSA) is 58.7 Å². The zero-order valence-corrected chi connectivity index (χ0v) is 10.6. The number of nitriles is 1. The SMILES string of the molecule is Cn1cc(SCC(=O)c2ccc(C#N)cc2)cn1. The average molecular weight is 257 g/mol. The van der Waals surface area contributed by atoms with Crippen LogP contribution in [0.25, 0.3) is 0 Å². The minimum absolute atomic E-state index is 0.0494. The number of hydrogen-bond donors (Lipinski definition) is 0. The number of carbonyl (C=O) groups excluding carboxylic acids is 1. The maximum atomic E-state index is 11.9. The number of thioether (sulfide) groups is 1. The maximum Gasteiger partial charge on any atom is 0.173 e. The van der Waals surface area contributed by atoms with E-state index in [0.29, 0.717) is 16.9 Å². The highest BCUT2D eigenvalue weighted by Crippen LogP contribution is 2.18. The van der Waals surface area contributed by atoms with Crippen LogP contribution < -0.4 is 0 Å². The Bertz CT molecular complexity index is 595. The second-order valence-electron chi connectivity index (χ2n) is 3.75. The van der Waals surface area contributed by atoms with E-state index in [-0.39, 0.29) is 5.78 Å². The minimum Gasteiger partial charge on any atom is -0.293 e. The van der Waals surface area contributed by atoms with Gasteiger partial charge in [-0.3, -0.25) is 9.48 Å². The zero-order chi connectivity index (χ0) is 13.0. The Labute approximate surface area is 109 Å². The van der Waals surface area contributed by atoms with E-state index >= 15 is 0 Å². The molecule has 0 N–H and O–H groups in total. The van der Waals surface area contributed by atoms with Gasteiger partial charge in [-0.15, -0.1) is 11.8 Å². The van der Waals surface area contributed by atoms with Crippen LogP contribution in [0.5, 0.6) is 0 Å². The van der Waals surface area contributed by atoms with Crippen LogP contribution in [0.2, 0.25) is 0 Å². The largest absolute Gasteiger partial charge is 0.293 e. The summed E-state index contributed by atoms with van der Waals surface area (Å²) in [6.45, 7) is 0. The van der Waals surface area contributed by atoms with E-state index in [2.05, 4.69) is 5.10 Å². The van der Waals surface area contributed by atoms with Gasteiger partial charge in [0.25, 0.3) is 0 Å². The molecule has 0 fully saturated rings. The van der Waals surface area contributed by atoms with Gasteiger partial charge in [-0.2, -0.15) is 10.4 Å². The summed E-state index contributed by atoms with van der Waals surface area (Å²) in [6, 6.07) is 8.71. The van der Waals surface area contributed by atoms with Crippen LogP contribution in [0.3, 0.4) is 0 Å². The van der Waals surface area contributed by atoms with Crippen LogP contribution in [0.4, 0.5) is 0 Å². The maximum absolute atomic E-state index is 11.9. The second kappa shape index (κ2) is 5.52. The molecular formula is C13H11N3OS. The van der Waals surface area contributed by atoms with Crippen LogP contribution in [-0.2, 0) is 7.05 Å². The fourth-order valence-electron chi connectivity index (χ4n) is 1.44. The molecule has 18 heavy (non-hydrogen) atoms. The van der Waals surface area contributed by atoms with E-state index in [9.17, 15) is 4.79 Å². The summed E-state index contributed by atoms with van der Waals surface area (Å²) in [4.78, 5) is 12.9. The highest BCUT2D eigenvalue weighted by Gasteiger charge is 2.07. The normalized spacial score (nSPS) is 10.0. The van der Waals surface area contributed by atoms with Crippen molar-refractivity contribution in [3.8, 4) is 6.07 Å². The number of nitrogens with zero attached hydrogens (tertiary/aromatic N) is 3. The van der Waals surface area contributed by atoms with E-state index < -0.39 is 0 Å². The quantitative estimate of drug-likeness (QED) is 0.622. The predicted octanol–water partition coefficient (Wildman–Crippen LogP) is 2.27. The number of aryl methyl sites for hydroxylation is 1. The molecule has 0 spiro atoms. The van der Waals surface area contributed by atoms with Gasteiger partial charge < -0.3 is 0 Å². The van der Waals surface area contributed by atoms with Crippen molar-refractivity contribution in [2.75, 3.05) is 5.75 Å². The van der Waals surface area contributed by atoms with Crippen molar-refractivity contribution >= 4 is 17.5 Å². The molecule has 0 saturated heterocycles. The average Bonchev–Trinajstić information content (AvgIpc) is 2.82. The molecule has 90 valence electrons. The monoisotopic (exact) mass is 257 g/mol. The summed E-state index contributed by atoms with van der Waals surface area (Å²) in [5, 5.41) is 12.7. The van der Waals surface area contributed by atoms with Gasteiger partial charge in [0, 0.05) is 23.7 Å². The molecule has 4 nitrogen and oxygen atoms in total. The Kier molecular flexibility index (Phi) is 3.80. The van der Waals surface area contributed by atoms with Gasteiger partial charge in [-0.25, -0.2) is 0 Å². The van der Waals surface area contributed by atoms with Crippen LogP contribution in [0.1, 0.15) is 15.9 Å². The number of carbonyl (C=O) groups is 1. The van der Waals surface area contributed by atoms with E-state index in [1.54, 1.807) is 35.1 Å². The van der Waals surface area contributed by atoms with E-state index in [1.807, 2.05) is 19.3 Å². The van der Waals surface area contributed by atoms with Gasteiger partial charge in [0.15, 0.2) is 5.78 Å². The molecule has 2 rings (SSSR count). The van der Waals surface area contributed by atoms with Crippen LogP contribution in [-0.4, -0.2) is 21.3 Å². The smallest absolute Gasteiger partial charge is 0.173 e. The first kappa shape index (κ1) is 12.4. The molecule has 1 heterocycles.